The minimum absolute atomic E-state index is 0.249. The molecule has 1 rings (SSSR count). The van der Waals surface area contributed by atoms with E-state index in [0.717, 1.165) is 12.1 Å². The van der Waals surface area contributed by atoms with Crippen molar-refractivity contribution in [2.45, 2.75) is 6.54 Å². The highest BCUT2D eigenvalue weighted by Crippen LogP contribution is 2.22. The van der Waals surface area contributed by atoms with Crippen LogP contribution in [-0.2, 0) is 11.3 Å². The van der Waals surface area contributed by atoms with Crippen LogP contribution < -0.4 is 10.1 Å². The first kappa shape index (κ1) is 11.8. The van der Waals surface area contributed by atoms with Gasteiger partial charge in [-0.15, -0.1) is 0 Å². The summed E-state index contributed by atoms with van der Waals surface area (Å²) < 4.78 is 9.89. The Balaban J connectivity index is 2.47. The van der Waals surface area contributed by atoms with E-state index < -0.39 is 0 Å². The van der Waals surface area contributed by atoms with Crippen molar-refractivity contribution in [1.29, 1.82) is 0 Å². The lowest BCUT2D eigenvalue weighted by atomic mass is 10.2. The number of methoxy groups -OCH3 is 2. The zero-order chi connectivity index (χ0) is 11.1. The van der Waals surface area contributed by atoms with E-state index >= 15 is 0 Å². The van der Waals surface area contributed by atoms with Gasteiger partial charge in [0.2, 0.25) is 0 Å². The standard InChI is InChI=1S/C11H17NO3/c1-14-6-5-12-8-9-3-4-10(15-2)7-11(9)13/h3-4,7,12-13H,5-6,8H2,1-2H3. The molecule has 0 aliphatic rings. The number of hydrogen-bond donors (Lipinski definition) is 2. The molecule has 0 bridgehead atoms. The Morgan fingerprint density at radius 2 is 2.13 bits per heavy atom. The van der Waals surface area contributed by atoms with Crippen molar-refractivity contribution in [3.8, 4) is 11.5 Å². The van der Waals surface area contributed by atoms with Crippen molar-refractivity contribution in [2.75, 3.05) is 27.4 Å². The SMILES string of the molecule is COCCNCc1ccc(OC)cc1O. The highest BCUT2D eigenvalue weighted by atomic mass is 16.5. The molecule has 0 unspecified atom stereocenters. The Labute approximate surface area is 89.8 Å². The summed E-state index contributed by atoms with van der Waals surface area (Å²) in [7, 11) is 3.23. The molecule has 0 aliphatic heterocycles. The maximum absolute atomic E-state index is 9.63. The Hall–Kier alpha value is -1.26. The third-order valence-corrected chi connectivity index (χ3v) is 2.09. The molecule has 1 aromatic rings. The fourth-order valence-corrected chi connectivity index (χ4v) is 1.22. The molecule has 15 heavy (non-hydrogen) atoms. The number of ether oxygens (including phenoxy) is 2. The van der Waals surface area contributed by atoms with Gasteiger partial charge in [0.25, 0.3) is 0 Å². The first-order valence-corrected chi connectivity index (χ1v) is 4.83. The van der Waals surface area contributed by atoms with E-state index in [9.17, 15) is 5.11 Å². The van der Waals surface area contributed by atoms with Crippen LogP contribution >= 0.6 is 0 Å². The van der Waals surface area contributed by atoms with E-state index in [1.54, 1.807) is 20.3 Å². The number of hydrogen-bond acceptors (Lipinski definition) is 4. The topological polar surface area (TPSA) is 50.7 Å². The van der Waals surface area contributed by atoms with Gasteiger partial charge >= 0.3 is 0 Å². The summed E-state index contributed by atoms with van der Waals surface area (Å²) in [5, 5.41) is 12.8. The molecule has 2 N–H and O–H groups in total. The molecular formula is C11H17NO3. The average Bonchev–Trinajstić information content (AvgIpc) is 2.26. The summed E-state index contributed by atoms with van der Waals surface area (Å²) in [5.41, 5.74) is 0.854. The van der Waals surface area contributed by atoms with Gasteiger partial charge in [0.15, 0.2) is 0 Å². The Morgan fingerprint density at radius 3 is 2.73 bits per heavy atom. The summed E-state index contributed by atoms with van der Waals surface area (Å²) in [6.07, 6.45) is 0. The number of rotatable bonds is 6. The van der Waals surface area contributed by atoms with Gasteiger partial charge in [-0.3, -0.25) is 0 Å². The minimum atomic E-state index is 0.249. The number of phenolic OH excluding ortho intramolecular Hbond substituents is 1. The first-order valence-electron chi connectivity index (χ1n) is 4.83. The van der Waals surface area contributed by atoms with Crippen molar-refractivity contribution in [1.82, 2.24) is 5.32 Å². The number of phenols is 1. The molecule has 4 heteroatoms. The van der Waals surface area contributed by atoms with Gasteiger partial charge in [0.1, 0.15) is 11.5 Å². The zero-order valence-corrected chi connectivity index (χ0v) is 9.12. The van der Waals surface area contributed by atoms with Crippen LogP contribution in [0.15, 0.2) is 18.2 Å². The summed E-state index contributed by atoms with van der Waals surface area (Å²) >= 11 is 0. The quantitative estimate of drug-likeness (QED) is 0.693. The molecule has 0 saturated carbocycles. The maximum atomic E-state index is 9.63. The summed E-state index contributed by atoms with van der Waals surface area (Å²) in [6.45, 7) is 2.05. The van der Waals surface area contributed by atoms with Gasteiger partial charge in [-0.25, -0.2) is 0 Å². The van der Waals surface area contributed by atoms with Gasteiger partial charge in [-0.1, -0.05) is 6.07 Å². The van der Waals surface area contributed by atoms with Gasteiger partial charge in [0, 0.05) is 31.8 Å². The lowest BCUT2D eigenvalue weighted by Crippen LogP contribution is -2.18. The highest BCUT2D eigenvalue weighted by Gasteiger charge is 2.01. The van der Waals surface area contributed by atoms with Gasteiger partial charge < -0.3 is 19.9 Å². The third kappa shape index (κ3) is 3.77. The minimum Gasteiger partial charge on any atom is -0.507 e. The van der Waals surface area contributed by atoms with Gasteiger partial charge in [-0.2, -0.15) is 0 Å². The van der Waals surface area contributed by atoms with Crippen LogP contribution in [0.5, 0.6) is 11.5 Å². The highest BCUT2D eigenvalue weighted by molar-refractivity contribution is 5.39. The van der Waals surface area contributed by atoms with E-state index in [1.807, 2.05) is 12.1 Å². The number of aromatic hydroxyl groups is 1. The Kier molecular flexibility index (Phi) is 4.93. The molecule has 0 aromatic heterocycles. The van der Waals surface area contributed by atoms with Crippen molar-refractivity contribution >= 4 is 0 Å². The van der Waals surface area contributed by atoms with Crippen LogP contribution in [0.1, 0.15) is 5.56 Å². The summed E-state index contributed by atoms with van der Waals surface area (Å²) in [4.78, 5) is 0. The molecule has 0 spiro atoms. The monoisotopic (exact) mass is 211 g/mol. The van der Waals surface area contributed by atoms with Crippen LogP contribution in [0.3, 0.4) is 0 Å². The van der Waals surface area contributed by atoms with Crippen molar-refractivity contribution in [3.05, 3.63) is 23.8 Å². The summed E-state index contributed by atoms with van der Waals surface area (Å²) in [5.74, 6) is 0.910. The summed E-state index contributed by atoms with van der Waals surface area (Å²) in [6, 6.07) is 5.27. The second-order valence-electron chi connectivity index (χ2n) is 3.16. The van der Waals surface area contributed by atoms with Crippen LogP contribution in [0, 0.1) is 0 Å². The zero-order valence-electron chi connectivity index (χ0n) is 9.12. The lowest BCUT2D eigenvalue weighted by molar-refractivity contribution is 0.199. The molecule has 4 nitrogen and oxygen atoms in total. The van der Waals surface area contributed by atoms with Crippen molar-refractivity contribution in [2.24, 2.45) is 0 Å². The van der Waals surface area contributed by atoms with Crippen LogP contribution in [0.4, 0.5) is 0 Å². The lowest BCUT2D eigenvalue weighted by Gasteiger charge is -2.07. The van der Waals surface area contributed by atoms with E-state index in [1.165, 1.54) is 0 Å². The van der Waals surface area contributed by atoms with Crippen molar-refractivity contribution < 1.29 is 14.6 Å². The molecule has 0 amide bonds. The van der Waals surface area contributed by atoms with Gasteiger partial charge in [0.05, 0.1) is 13.7 Å². The van der Waals surface area contributed by atoms with Crippen LogP contribution in [0.2, 0.25) is 0 Å². The van der Waals surface area contributed by atoms with Crippen molar-refractivity contribution in [3.63, 3.8) is 0 Å². The smallest absolute Gasteiger partial charge is 0.123 e. The number of benzene rings is 1. The second-order valence-corrected chi connectivity index (χ2v) is 3.16. The predicted molar refractivity (Wildman–Crippen MR) is 58.2 cm³/mol. The molecule has 0 saturated heterocycles. The number of nitrogens with one attached hydrogen (secondary N) is 1. The predicted octanol–water partition coefficient (Wildman–Crippen LogP) is 1.14. The fourth-order valence-electron chi connectivity index (χ4n) is 1.22. The Bertz CT molecular complexity index is 302. The van der Waals surface area contributed by atoms with E-state index in [0.29, 0.717) is 18.9 Å². The van der Waals surface area contributed by atoms with E-state index in [2.05, 4.69) is 5.32 Å². The molecule has 84 valence electrons. The molecule has 0 heterocycles. The average molecular weight is 211 g/mol. The molecular weight excluding hydrogens is 194 g/mol. The maximum Gasteiger partial charge on any atom is 0.123 e. The van der Waals surface area contributed by atoms with Crippen LogP contribution in [-0.4, -0.2) is 32.5 Å². The second kappa shape index (κ2) is 6.27. The molecule has 0 atom stereocenters. The normalized spacial score (nSPS) is 10.3. The van der Waals surface area contributed by atoms with Crippen LogP contribution in [0.25, 0.3) is 0 Å². The molecule has 0 radical (unpaired) electrons. The molecule has 0 fully saturated rings. The third-order valence-electron chi connectivity index (χ3n) is 2.09. The first-order chi connectivity index (χ1) is 7.27. The molecule has 1 aromatic carbocycles. The van der Waals surface area contributed by atoms with Gasteiger partial charge in [-0.05, 0) is 6.07 Å². The van der Waals surface area contributed by atoms with E-state index in [-0.39, 0.29) is 5.75 Å². The largest absolute Gasteiger partial charge is 0.507 e. The van der Waals surface area contributed by atoms with E-state index in [4.69, 9.17) is 9.47 Å². The Morgan fingerprint density at radius 1 is 1.33 bits per heavy atom. The fraction of sp³-hybridized carbons (Fsp3) is 0.455. The molecule has 0 aliphatic carbocycles.